The average molecular weight is 244 g/mol. The van der Waals surface area contributed by atoms with Crippen LogP contribution in [0.5, 0.6) is 0 Å². The van der Waals surface area contributed by atoms with Crippen molar-refractivity contribution in [2.24, 2.45) is 5.92 Å². The molecular formula is C11H16O2S2. The molecule has 1 heterocycles. The standard InChI is InChI=1S/C11H16O2S2/c1-8(2)10(14)11(12)13-6-5-9-4-3-7-15-9/h3-4,7-8,10,14H,5-6H2,1-2H3. The van der Waals surface area contributed by atoms with Gasteiger partial charge in [-0.15, -0.1) is 11.3 Å². The van der Waals surface area contributed by atoms with Crippen LogP contribution in [0.25, 0.3) is 0 Å². The van der Waals surface area contributed by atoms with Gasteiger partial charge in [-0.1, -0.05) is 19.9 Å². The van der Waals surface area contributed by atoms with Gasteiger partial charge in [0, 0.05) is 11.3 Å². The van der Waals surface area contributed by atoms with Crippen molar-refractivity contribution in [1.29, 1.82) is 0 Å². The minimum Gasteiger partial charge on any atom is -0.464 e. The number of ether oxygens (including phenoxy) is 1. The Balaban J connectivity index is 2.23. The van der Waals surface area contributed by atoms with Gasteiger partial charge in [0.25, 0.3) is 0 Å². The van der Waals surface area contributed by atoms with Crippen LogP contribution in [-0.4, -0.2) is 17.8 Å². The molecule has 1 aromatic heterocycles. The van der Waals surface area contributed by atoms with Crippen molar-refractivity contribution in [3.05, 3.63) is 22.4 Å². The topological polar surface area (TPSA) is 26.3 Å². The number of esters is 1. The molecule has 0 aliphatic heterocycles. The molecule has 1 atom stereocenters. The summed E-state index contributed by atoms with van der Waals surface area (Å²) >= 11 is 5.87. The molecule has 0 aliphatic carbocycles. The lowest BCUT2D eigenvalue weighted by Crippen LogP contribution is -2.23. The molecule has 84 valence electrons. The summed E-state index contributed by atoms with van der Waals surface area (Å²) < 4.78 is 5.13. The summed E-state index contributed by atoms with van der Waals surface area (Å²) in [5.74, 6) is -0.00698. The Labute approximate surface area is 100 Å². The van der Waals surface area contributed by atoms with Gasteiger partial charge in [-0.05, 0) is 17.4 Å². The maximum atomic E-state index is 11.4. The van der Waals surface area contributed by atoms with E-state index in [0.717, 1.165) is 6.42 Å². The van der Waals surface area contributed by atoms with Crippen molar-refractivity contribution < 1.29 is 9.53 Å². The third-order valence-corrected chi connectivity index (χ3v) is 3.79. The van der Waals surface area contributed by atoms with Crippen molar-refractivity contribution in [3.8, 4) is 0 Å². The quantitative estimate of drug-likeness (QED) is 0.637. The fourth-order valence-corrected chi connectivity index (χ4v) is 1.83. The van der Waals surface area contributed by atoms with Crippen LogP contribution in [0, 0.1) is 5.92 Å². The molecular weight excluding hydrogens is 228 g/mol. The number of hydrogen-bond acceptors (Lipinski definition) is 4. The summed E-state index contributed by atoms with van der Waals surface area (Å²) in [4.78, 5) is 12.7. The van der Waals surface area contributed by atoms with E-state index < -0.39 is 0 Å². The van der Waals surface area contributed by atoms with Crippen LogP contribution < -0.4 is 0 Å². The Morgan fingerprint density at radius 1 is 1.60 bits per heavy atom. The van der Waals surface area contributed by atoms with Gasteiger partial charge >= 0.3 is 5.97 Å². The lowest BCUT2D eigenvalue weighted by atomic mass is 10.1. The zero-order valence-corrected chi connectivity index (χ0v) is 10.7. The second kappa shape index (κ2) is 6.18. The first kappa shape index (κ1) is 12.6. The van der Waals surface area contributed by atoms with Gasteiger partial charge in [-0.25, -0.2) is 0 Å². The number of carbonyl (C=O) groups excluding carboxylic acids is 1. The molecule has 2 nitrogen and oxygen atoms in total. The van der Waals surface area contributed by atoms with E-state index in [1.165, 1.54) is 4.88 Å². The van der Waals surface area contributed by atoms with Gasteiger partial charge in [0.2, 0.25) is 0 Å². The minimum atomic E-state index is -0.312. The lowest BCUT2D eigenvalue weighted by Gasteiger charge is -2.13. The summed E-state index contributed by atoms with van der Waals surface area (Å²) in [5, 5.41) is 1.71. The highest BCUT2D eigenvalue weighted by Gasteiger charge is 2.18. The van der Waals surface area contributed by atoms with E-state index in [4.69, 9.17) is 4.74 Å². The van der Waals surface area contributed by atoms with Crippen LogP contribution >= 0.6 is 24.0 Å². The maximum Gasteiger partial charge on any atom is 0.319 e. The minimum absolute atomic E-state index is 0.211. The van der Waals surface area contributed by atoms with E-state index in [1.807, 2.05) is 31.4 Å². The fraction of sp³-hybridized carbons (Fsp3) is 0.545. The number of thiol groups is 1. The van der Waals surface area contributed by atoms with Crippen LogP contribution in [0.2, 0.25) is 0 Å². The fourth-order valence-electron chi connectivity index (χ4n) is 1.06. The molecule has 0 fully saturated rings. The zero-order chi connectivity index (χ0) is 11.3. The molecule has 0 spiro atoms. The maximum absolute atomic E-state index is 11.4. The van der Waals surface area contributed by atoms with Crippen LogP contribution in [0.15, 0.2) is 17.5 Å². The predicted molar refractivity (Wildman–Crippen MR) is 66.6 cm³/mol. The molecule has 0 aliphatic rings. The Kier molecular flexibility index (Phi) is 5.19. The van der Waals surface area contributed by atoms with Gasteiger partial charge < -0.3 is 4.74 Å². The normalized spacial score (nSPS) is 12.8. The summed E-state index contributed by atoms with van der Waals surface area (Å²) in [7, 11) is 0. The molecule has 0 radical (unpaired) electrons. The summed E-state index contributed by atoms with van der Waals surface area (Å²) in [6, 6.07) is 4.04. The van der Waals surface area contributed by atoms with Gasteiger partial charge in [0.15, 0.2) is 0 Å². The Hall–Kier alpha value is -0.480. The summed E-state index contributed by atoms with van der Waals surface area (Å²) in [6.45, 7) is 4.36. The molecule has 1 aromatic rings. The van der Waals surface area contributed by atoms with Gasteiger partial charge in [-0.3, -0.25) is 4.79 Å². The monoisotopic (exact) mass is 244 g/mol. The predicted octanol–water partition coefficient (Wildman–Crippen LogP) is 2.79. The van der Waals surface area contributed by atoms with E-state index in [2.05, 4.69) is 12.6 Å². The SMILES string of the molecule is CC(C)C(S)C(=O)OCCc1cccs1. The molecule has 4 heteroatoms. The summed E-state index contributed by atoms with van der Waals surface area (Å²) in [6.07, 6.45) is 0.794. The molecule has 15 heavy (non-hydrogen) atoms. The van der Waals surface area contributed by atoms with Crippen LogP contribution in [0.4, 0.5) is 0 Å². The Morgan fingerprint density at radius 2 is 2.33 bits per heavy atom. The molecule has 1 unspecified atom stereocenters. The van der Waals surface area contributed by atoms with Crippen LogP contribution in [0.1, 0.15) is 18.7 Å². The van der Waals surface area contributed by atoms with Crippen molar-refractivity contribution >= 4 is 29.9 Å². The molecule has 1 rings (SSSR count). The molecule has 0 aromatic carbocycles. The van der Waals surface area contributed by atoms with Crippen LogP contribution in [-0.2, 0) is 16.0 Å². The smallest absolute Gasteiger partial charge is 0.319 e. The van der Waals surface area contributed by atoms with E-state index in [-0.39, 0.29) is 17.1 Å². The van der Waals surface area contributed by atoms with Crippen molar-refractivity contribution in [2.45, 2.75) is 25.5 Å². The second-order valence-corrected chi connectivity index (χ2v) is 5.27. The van der Waals surface area contributed by atoms with Gasteiger partial charge in [-0.2, -0.15) is 12.6 Å². The average Bonchev–Trinajstić information content (AvgIpc) is 2.69. The first-order chi connectivity index (χ1) is 7.11. The van der Waals surface area contributed by atoms with Crippen LogP contribution in [0.3, 0.4) is 0 Å². The highest BCUT2D eigenvalue weighted by atomic mass is 32.1. The Morgan fingerprint density at radius 3 is 2.87 bits per heavy atom. The number of hydrogen-bond donors (Lipinski definition) is 1. The number of carbonyl (C=O) groups is 1. The second-order valence-electron chi connectivity index (χ2n) is 3.69. The van der Waals surface area contributed by atoms with E-state index in [0.29, 0.717) is 6.61 Å². The Bertz CT molecular complexity index is 294. The third-order valence-electron chi connectivity index (χ3n) is 2.05. The highest BCUT2D eigenvalue weighted by Crippen LogP contribution is 2.12. The first-order valence-electron chi connectivity index (χ1n) is 4.98. The largest absolute Gasteiger partial charge is 0.464 e. The summed E-state index contributed by atoms with van der Waals surface area (Å²) in [5.41, 5.74) is 0. The molecule has 0 amide bonds. The molecule has 0 N–H and O–H groups in total. The first-order valence-corrected chi connectivity index (χ1v) is 6.38. The zero-order valence-electron chi connectivity index (χ0n) is 8.97. The van der Waals surface area contributed by atoms with Gasteiger partial charge in [0.1, 0.15) is 5.25 Å². The van der Waals surface area contributed by atoms with E-state index >= 15 is 0 Å². The van der Waals surface area contributed by atoms with E-state index in [9.17, 15) is 4.79 Å². The van der Waals surface area contributed by atoms with Crippen molar-refractivity contribution in [2.75, 3.05) is 6.61 Å². The van der Waals surface area contributed by atoms with Crippen molar-refractivity contribution in [3.63, 3.8) is 0 Å². The van der Waals surface area contributed by atoms with E-state index in [1.54, 1.807) is 11.3 Å². The third kappa shape index (κ3) is 4.26. The van der Waals surface area contributed by atoms with Gasteiger partial charge in [0.05, 0.1) is 6.61 Å². The number of thiophene rings is 1. The molecule has 0 saturated heterocycles. The lowest BCUT2D eigenvalue weighted by molar-refractivity contribution is -0.143. The molecule has 0 bridgehead atoms. The highest BCUT2D eigenvalue weighted by molar-refractivity contribution is 7.81. The number of rotatable bonds is 5. The van der Waals surface area contributed by atoms with Crippen molar-refractivity contribution in [1.82, 2.24) is 0 Å². The molecule has 0 saturated carbocycles.